The van der Waals surface area contributed by atoms with Crippen molar-refractivity contribution in [3.8, 4) is 23.0 Å². The number of hydrazone groups is 1. The van der Waals surface area contributed by atoms with Gasteiger partial charge in [0.05, 0.1) is 24.4 Å². The normalized spacial score (nSPS) is 14.0. The van der Waals surface area contributed by atoms with Crippen molar-refractivity contribution in [3.63, 3.8) is 0 Å². The van der Waals surface area contributed by atoms with Crippen molar-refractivity contribution in [2.75, 3.05) is 26.9 Å². The number of urea groups is 1. The summed E-state index contributed by atoms with van der Waals surface area (Å²) in [6.07, 6.45) is 7.17. The molecular weight excluding hydrogens is 502 g/mol. The predicted molar refractivity (Wildman–Crippen MR) is 135 cm³/mol. The maximum atomic E-state index is 12.1. The second kappa shape index (κ2) is 13.7. The summed E-state index contributed by atoms with van der Waals surface area (Å²) in [5.74, 6) is 2.60. The van der Waals surface area contributed by atoms with Crippen molar-refractivity contribution < 1.29 is 23.7 Å². The molecule has 0 heterocycles. The van der Waals surface area contributed by atoms with Crippen LogP contribution in [0, 0.1) is 0 Å². The molecule has 0 bridgehead atoms. The Morgan fingerprint density at radius 3 is 2.62 bits per heavy atom. The second-order valence-electron chi connectivity index (χ2n) is 7.82. The standard InChI is InChI=1S/C25H32BrN3O5/c1-3-32-23-15-18(17-27-29-25(30)28-19-8-5-4-6-9-19)14-22(26)24(23)34-13-12-33-21-11-7-10-20(16-21)31-2/h7,10-11,14-17,19H,3-6,8-9,12-13H2,1-2H3,(H2,28,29,30)/b27-17-. The number of ether oxygens (including phenoxy) is 4. The quantitative estimate of drug-likeness (QED) is 0.233. The number of nitrogens with one attached hydrogen (secondary N) is 2. The Hall–Kier alpha value is -2.94. The number of hydrogen-bond donors (Lipinski definition) is 2. The molecule has 34 heavy (non-hydrogen) atoms. The smallest absolute Gasteiger partial charge is 0.335 e. The van der Waals surface area contributed by atoms with E-state index >= 15 is 0 Å². The van der Waals surface area contributed by atoms with Gasteiger partial charge in [-0.05, 0) is 65.5 Å². The van der Waals surface area contributed by atoms with Gasteiger partial charge in [0.25, 0.3) is 0 Å². The fourth-order valence-corrected chi connectivity index (χ4v) is 4.26. The van der Waals surface area contributed by atoms with Gasteiger partial charge in [-0.25, -0.2) is 10.2 Å². The highest BCUT2D eigenvalue weighted by Crippen LogP contribution is 2.36. The highest BCUT2D eigenvalue weighted by atomic mass is 79.9. The lowest BCUT2D eigenvalue weighted by Crippen LogP contribution is -2.41. The first-order valence-corrected chi connectivity index (χ1v) is 12.3. The van der Waals surface area contributed by atoms with Crippen LogP contribution in [0.3, 0.4) is 0 Å². The summed E-state index contributed by atoms with van der Waals surface area (Å²) >= 11 is 3.55. The van der Waals surface area contributed by atoms with Gasteiger partial charge in [-0.1, -0.05) is 25.3 Å². The molecule has 1 aliphatic carbocycles. The van der Waals surface area contributed by atoms with Crippen molar-refractivity contribution in [2.45, 2.75) is 45.1 Å². The molecule has 1 aliphatic rings. The minimum Gasteiger partial charge on any atom is -0.497 e. The maximum absolute atomic E-state index is 12.1. The number of carbonyl (C=O) groups excluding carboxylic acids is 1. The predicted octanol–water partition coefficient (Wildman–Crippen LogP) is 5.28. The highest BCUT2D eigenvalue weighted by Gasteiger charge is 2.15. The van der Waals surface area contributed by atoms with Crippen LogP contribution in [0.15, 0.2) is 46.0 Å². The Kier molecular flexibility index (Phi) is 10.3. The number of methoxy groups -OCH3 is 1. The van der Waals surface area contributed by atoms with Crippen LogP contribution < -0.4 is 29.7 Å². The summed E-state index contributed by atoms with van der Waals surface area (Å²) in [4.78, 5) is 12.1. The molecule has 2 aromatic rings. The molecule has 2 N–H and O–H groups in total. The van der Waals surface area contributed by atoms with Crippen molar-refractivity contribution >= 4 is 28.2 Å². The topological polar surface area (TPSA) is 90.4 Å². The Balaban J connectivity index is 1.54. The summed E-state index contributed by atoms with van der Waals surface area (Å²) in [7, 11) is 1.62. The van der Waals surface area contributed by atoms with E-state index in [0.717, 1.165) is 37.0 Å². The Labute approximate surface area is 209 Å². The van der Waals surface area contributed by atoms with Crippen molar-refractivity contribution in [3.05, 3.63) is 46.4 Å². The zero-order valence-electron chi connectivity index (χ0n) is 19.6. The third kappa shape index (κ3) is 8.13. The average molecular weight is 534 g/mol. The highest BCUT2D eigenvalue weighted by molar-refractivity contribution is 9.10. The number of amides is 2. The largest absolute Gasteiger partial charge is 0.497 e. The lowest BCUT2D eigenvalue weighted by molar-refractivity contribution is 0.207. The summed E-state index contributed by atoms with van der Waals surface area (Å²) in [5, 5.41) is 7.04. The first-order chi connectivity index (χ1) is 16.6. The van der Waals surface area contributed by atoms with E-state index in [1.54, 1.807) is 13.3 Å². The van der Waals surface area contributed by atoms with Crippen LogP contribution in [0.1, 0.15) is 44.6 Å². The summed E-state index contributed by atoms with van der Waals surface area (Å²) in [5.41, 5.74) is 3.29. The minimum atomic E-state index is -0.289. The summed E-state index contributed by atoms with van der Waals surface area (Å²) in [6, 6.07) is 11.0. The molecule has 0 aromatic heterocycles. The number of halogens is 1. The van der Waals surface area contributed by atoms with Crippen LogP contribution in [-0.2, 0) is 0 Å². The monoisotopic (exact) mass is 533 g/mol. The van der Waals surface area contributed by atoms with Gasteiger partial charge in [-0.15, -0.1) is 0 Å². The van der Waals surface area contributed by atoms with E-state index in [9.17, 15) is 4.79 Å². The zero-order valence-corrected chi connectivity index (χ0v) is 21.2. The molecule has 0 atom stereocenters. The van der Waals surface area contributed by atoms with Gasteiger partial charge in [0, 0.05) is 12.1 Å². The molecule has 1 fully saturated rings. The molecule has 2 amide bonds. The van der Waals surface area contributed by atoms with Gasteiger partial charge in [0.15, 0.2) is 11.5 Å². The van der Waals surface area contributed by atoms with Crippen LogP contribution in [0.25, 0.3) is 0 Å². The van der Waals surface area contributed by atoms with E-state index in [1.807, 2.05) is 43.3 Å². The Bertz CT molecular complexity index is 964. The third-order valence-electron chi connectivity index (χ3n) is 5.29. The zero-order chi connectivity index (χ0) is 24.2. The van der Waals surface area contributed by atoms with E-state index in [0.29, 0.717) is 41.5 Å². The average Bonchev–Trinajstić information content (AvgIpc) is 2.84. The lowest BCUT2D eigenvalue weighted by atomic mass is 9.96. The van der Waals surface area contributed by atoms with Gasteiger partial charge in [0.1, 0.15) is 24.7 Å². The van der Waals surface area contributed by atoms with Gasteiger partial charge >= 0.3 is 6.03 Å². The Morgan fingerprint density at radius 1 is 1.09 bits per heavy atom. The van der Waals surface area contributed by atoms with E-state index in [-0.39, 0.29) is 12.1 Å². The van der Waals surface area contributed by atoms with Gasteiger partial charge in [-0.3, -0.25) is 0 Å². The van der Waals surface area contributed by atoms with Crippen LogP contribution in [0.5, 0.6) is 23.0 Å². The molecule has 8 nitrogen and oxygen atoms in total. The first kappa shape index (κ1) is 25.7. The lowest BCUT2D eigenvalue weighted by Gasteiger charge is -2.22. The van der Waals surface area contributed by atoms with E-state index in [1.165, 1.54) is 6.42 Å². The molecule has 9 heteroatoms. The van der Waals surface area contributed by atoms with E-state index in [2.05, 4.69) is 31.8 Å². The van der Waals surface area contributed by atoms with E-state index < -0.39 is 0 Å². The summed E-state index contributed by atoms with van der Waals surface area (Å²) < 4.78 is 23.3. The molecule has 0 spiro atoms. The molecule has 1 saturated carbocycles. The fourth-order valence-electron chi connectivity index (χ4n) is 3.69. The number of rotatable bonds is 11. The molecule has 184 valence electrons. The molecular formula is C25H32BrN3O5. The van der Waals surface area contributed by atoms with Gasteiger partial charge in [-0.2, -0.15) is 5.10 Å². The van der Waals surface area contributed by atoms with Crippen molar-refractivity contribution in [1.82, 2.24) is 10.7 Å². The van der Waals surface area contributed by atoms with Gasteiger partial charge in [0.2, 0.25) is 0 Å². The van der Waals surface area contributed by atoms with Crippen molar-refractivity contribution in [2.24, 2.45) is 5.10 Å². The number of nitrogens with zero attached hydrogens (tertiary/aromatic N) is 1. The van der Waals surface area contributed by atoms with E-state index in [4.69, 9.17) is 18.9 Å². The first-order valence-electron chi connectivity index (χ1n) is 11.5. The number of carbonyl (C=O) groups is 1. The SMILES string of the molecule is CCOc1cc(/C=N\NC(=O)NC2CCCCC2)cc(Br)c1OCCOc1cccc(OC)c1. The minimum absolute atomic E-state index is 0.229. The molecule has 0 saturated heterocycles. The summed E-state index contributed by atoms with van der Waals surface area (Å²) in [6.45, 7) is 3.06. The third-order valence-corrected chi connectivity index (χ3v) is 5.88. The van der Waals surface area contributed by atoms with Crippen LogP contribution >= 0.6 is 15.9 Å². The second-order valence-corrected chi connectivity index (χ2v) is 8.67. The molecule has 2 aromatic carbocycles. The van der Waals surface area contributed by atoms with Crippen LogP contribution in [0.4, 0.5) is 4.79 Å². The number of hydrogen-bond acceptors (Lipinski definition) is 6. The van der Waals surface area contributed by atoms with Crippen molar-refractivity contribution in [1.29, 1.82) is 0 Å². The maximum Gasteiger partial charge on any atom is 0.335 e. The number of benzene rings is 2. The van der Waals surface area contributed by atoms with Crippen LogP contribution in [0.2, 0.25) is 0 Å². The molecule has 0 aliphatic heterocycles. The molecule has 3 rings (SSSR count). The molecule has 0 radical (unpaired) electrons. The molecule has 0 unspecified atom stereocenters. The Morgan fingerprint density at radius 2 is 1.85 bits per heavy atom. The van der Waals surface area contributed by atoms with Crippen LogP contribution in [-0.4, -0.2) is 45.2 Å². The van der Waals surface area contributed by atoms with Gasteiger partial charge < -0.3 is 24.3 Å². The fraction of sp³-hybridized carbons (Fsp3) is 0.440.